The first-order valence-electron chi connectivity index (χ1n) is 9.01. The molecule has 0 aliphatic heterocycles. The predicted molar refractivity (Wildman–Crippen MR) is 108 cm³/mol. The van der Waals surface area contributed by atoms with Gasteiger partial charge in [0.25, 0.3) is 0 Å². The van der Waals surface area contributed by atoms with E-state index in [9.17, 15) is 5.11 Å². The van der Waals surface area contributed by atoms with Gasteiger partial charge in [-0.1, -0.05) is 60.1 Å². The van der Waals surface area contributed by atoms with Crippen LogP contribution in [-0.2, 0) is 0 Å². The maximum Gasteiger partial charge on any atom is 0.142 e. The second-order valence-electron chi connectivity index (χ2n) is 9.57. The van der Waals surface area contributed by atoms with E-state index in [0.717, 1.165) is 17.5 Å². The van der Waals surface area contributed by atoms with Gasteiger partial charge in [0.15, 0.2) is 0 Å². The molecule has 0 bridgehead atoms. The van der Waals surface area contributed by atoms with Crippen LogP contribution >= 0.6 is 11.6 Å². The van der Waals surface area contributed by atoms with Gasteiger partial charge in [-0.05, 0) is 52.5 Å². The van der Waals surface area contributed by atoms with Crippen molar-refractivity contribution in [2.45, 2.75) is 54.9 Å². The molecule has 140 valence electrons. The number of fused-ring (bicyclic) bond motifs is 1. The normalized spacial score (nSPS) is 22.1. The number of aromatic nitrogens is 3. The minimum atomic E-state index is -0.147. The highest BCUT2D eigenvalue weighted by atomic mass is 35.5. The Morgan fingerprint density at radius 3 is 2.27 bits per heavy atom. The van der Waals surface area contributed by atoms with Gasteiger partial charge >= 0.3 is 0 Å². The second-order valence-corrected chi connectivity index (χ2v) is 10.0. The van der Waals surface area contributed by atoms with Crippen molar-refractivity contribution in [2.24, 2.45) is 16.2 Å². The van der Waals surface area contributed by atoms with Crippen LogP contribution < -0.4 is 0 Å². The van der Waals surface area contributed by atoms with Crippen molar-refractivity contribution in [3.8, 4) is 0 Å². The van der Waals surface area contributed by atoms with Crippen LogP contribution in [0.5, 0.6) is 0 Å². The fourth-order valence-corrected chi connectivity index (χ4v) is 3.44. The molecule has 1 aromatic heterocycles. The van der Waals surface area contributed by atoms with Crippen molar-refractivity contribution < 1.29 is 5.11 Å². The Morgan fingerprint density at radius 1 is 1.08 bits per heavy atom. The summed E-state index contributed by atoms with van der Waals surface area (Å²) in [7, 11) is 0. The lowest BCUT2D eigenvalue weighted by Crippen LogP contribution is -2.36. The number of aliphatic hydroxyl groups is 1. The zero-order valence-corrected chi connectivity index (χ0v) is 17.4. The average molecular weight is 374 g/mol. The summed E-state index contributed by atoms with van der Waals surface area (Å²) in [5, 5.41) is 20.8. The minimum Gasteiger partial charge on any atom is -0.506 e. The van der Waals surface area contributed by atoms with Crippen LogP contribution in [-0.4, -0.2) is 20.1 Å². The summed E-state index contributed by atoms with van der Waals surface area (Å²) in [5.41, 5.74) is 2.89. The van der Waals surface area contributed by atoms with Crippen LogP contribution in [0.15, 0.2) is 35.6 Å². The zero-order valence-electron chi connectivity index (χ0n) is 16.7. The Kier molecular flexibility index (Phi) is 4.27. The Bertz CT molecular complexity index is 925. The van der Waals surface area contributed by atoms with E-state index >= 15 is 0 Å². The van der Waals surface area contributed by atoms with E-state index in [2.05, 4.69) is 64.7 Å². The topological polar surface area (TPSA) is 50.9 Å². The van der Waals surface area contributed by atoms with Crippen molar-refractivity contribution in [3.63, 3.8) is 0 Å². The summed E-state index contributed by atoms with van der Waals surface area (Å²) in [6, 6.07) is 5.44. The molecule has 1 aromatic carbocycles. The van der Waals surface area contributed by atoms with Gasteiger partial charge in [0, 0.05) is 5.02 Å². The molecule has 2 aromatic rings. The zero-order chi connectivity index (χ0) is 19.5. The number of nitrogens with zero attached hydrogens (tertiary/aromatic N) is 3. The fourth-order valence-electron chi connectivity index (χ4n) is 3.28. The molecule has 5 heteroatoms. The van der Waals surface area contributed by atoms with Gasteiger partial charge in [-0.15, -0.1) is 15.0 Å². The molecule has 1 atom stereocenters. The minimum absolute atomic E-state index is 0.0192. The lowest BCUT2D eigenvalue weighted by Gasteiger charge is -2.45. The van der Waals surface area contributed by atoms with Crippen molar-refractivity contribution in [1.29, 1.82) is 0 Å². The van der Waals surface area contributed by atoms with Gasteiger partial charge in [-0.3, -0.25) is 0 Å². The van der Waals surface area contributed by atoms with E-state index in [0.29, 0.717) is 16.2 Å². The number of aliphatic hydroxyl groups excluding tert-OH is 1. The molecule has 0 amide bonds. The van der Waals surface area contributed by atoms with Gasteiger partial charge in [0.05, 0.1) is 0 Å². The quantitative estimate of drug-likeness (QED) is 0.643. The van der Waals surface area contributed by atoms with E-state index in [4.69, 9.17) is 11.6 Å². The maximum absolute atomic E-state index is 11.1. The van der Waals surface area contributed by atoms with Gasteiger partial charge in [0.2, 0.25) is 0 Å². The number of halogens is 1. The summed E-state index contributed by atoms with van der Waals surface area (Å²) < 4.78 is 0. The van der Waals surface area contributed by atoms with Gasteiger partial charge < -0.3 is 5.11 Å². The lowest BCUT2D eigenvalue weighted by molar-refractivity contribution is 0.152. The largest absolute Gasteiger partial charge is 0.506 e. The number of rotatable bonds is 1. The van der Waals surface area contributed by atoms with E-state index in [1.165, 1.54) is 0 Å². The summed E-state index contributed by atoms with van der Waals surface area (Å²) in [5.74, 6) is 0.283. The molecule has 1 unspecified atom stereocenters. The number of hydrogen-bond donors (Lipinski definition) is 1. The second kappa shape index (κ2) is 5.85. The molecule has 4 nitrogen and oxygen atoms in total. The van der Waals surface area contributed by atoms with Crippen molar-refractivity contribution in [3.05, 3.63) is 40.6 Å². The first kappa shape index (κ1) is 19.0. The highest BCUT2D eigenvalue weighted by Crippen LogP contribution is 2.52. The summed E-state index contributed by atoms with van der Waals surface area (Å²) in [6.45, 7) is 15.3. The summed E-state index contributed by atoms with van der Waals surface area (Å²) >= 11 is 6.08. The highest BCUT2D eigenvalue weighted by Gasteiger charge is 2.43. The van der Waals surface area contributed by atoms with Crippen LogP contribution in [0.4, 0.5) is 0 Å². The van der Waals surface area contributed by atoms with Crippen LogP contribution in [0.25, 0.3) is 16.7 Å². The molecule has 0 fully saturated rings. The molecule has 26 heavy (non-hydrogen) atoms. The van der Waals surface area contributed by atoms with E-state index in [-0.39, 0.29) is 22.0 Å². The van der Waals surface area contributed by atoms with Gasteiger partial charge in [-0.2, -0.15) is 0 Å². The summed E-state index contributed by atoms with van der Waals surface area (Å²) in [6.07, 6.45) is 2.93. The number of allylic oxidation sites excluding steroid dienone is 3. The first-order chi connectivity index (χ1) is 11.8. The standard InChI is InChI=1S/C21H28ClN3O/c1-19(2,3)14-11-21(7,20(4,5)6)12-17(18(14)26)25-23-15-9-8-13(22)10-16(15)24-25/h8-10,12,26H,11H2,1-7H3. The van der Waals surface area contributed by atoms with E-state index in [1.807, 2.05) is 6.07 Å². The van der Waals surface area contributed by atoms with Crippen molar-refractivity contribution >= 4 is 28.3 Å². The van der Waals surface area contributed by atoms with E-state index < -0.39 is 0 Å². The van der Waals surface area contributed by atoms with Gasteiger partial charge in [0.1, 0.15) is 22.5 Å². The third-order valence-electron chi connectivity index (χ3n) is 5.70. The van der Waals surface area contributed by atoms with Crippen molar-refractivity contribution in [2.75, 3.05) is 0 Å². The lowest BCUT2D eigenvalue weighted by atomic mass is 9.60. The maximum atomic E-state index is 11.1. The molecule has 0 saturated carbocycles. The average Bonchev–Trinajstić information content (AvgIpc) is 2.89. The van der Waals surface area contributed by atoms with Crippen LogP contribution in [0.2, 0.25) is 5.02 Å². The molecule has 1 heterocycles. The molecular weight excluding hydrogens is 346 g/mol. The molecule has 1 N–H and O–H groups in total. The predicted octanol–water partition coefficient (Wildman–Crippen LogP) is 6.24. The molecule has 0 spiro atoms. The van der Waals surface area contributed by atoms with E-state index in [1.54, 1.807) is 16.9 Å². The Balaban J connectivity index is 2.24. The molecule has 0 saturated heterocycles. The molecule has 3 rings (SSSR count). The monoisotopic (exact) mass is 373 g/mol. The van der Waals surface area contributed by atoms with Gasteiger partial charge in [-0.25, -0.2) is 0 Å². The van der Waals surface area contributed by atoms with Crippen LogP contribution in [0, 0.1) is 16.2 Å². The van der Waals surface area contributed by atoms with Crippen LogP contribution in [0.1, 0.15) is 54.9 Å². The summed E-state index contributed by atoms with van der Waals surface area (Å²) in [4.78, 5) is 1.55. The smallest absolute Gasteiger partial charge is 0.142 e. The highest BCUT2D eigenvalue weighted by molar-refractivity contribution is 6.31. The first-order valence-corrected chi connectivity index (χ1v) is 9.38. The number of hydrogen-bond acceptors (Lipinski definition) is 3. The van der Waals surface area contributed by atoms with Crippen LogP contribution in [0.3, 0.4) is 0 Å². The molecule has 0 radical (unpaired) electrons. The number of benzene rings is 1. The molecule has 1 aliphatic carbocycles. The SMILES string of the molecule is CC(C)(C)C1=C(O)C(n2nc3ccc(Cl)cc3n2)=CC(C)(C(C)(C)C)C1. The third-order valence-corrected chi connectivity index (χ3v) is 5.94. The Morgan fingerprint density at radius 2 is 1.69 bits per heavy atom. The Hall–Kier alpha value is -1.81. The third kappa shape index (κ3) is 3.16. The Labute approximate surface area is 160 Å². The molecular formula is C21H28ClN3O. The fraction of sp³-hybridized carbons (Fsp3) is 0.524. The van der Waals surface area contributed by atoms with Crippen molar-refractivity contribution in [1.82, 2.24) is 15.0 Å². The molecule has 1 aliphatic rings.